The predicted molar refractivity (Wildman–Crippen MR) is 84.9 cm³/mol. The summed E-state index contributed by atoms with van der Waals surface area (Å²) in [6.45, 7) is 3.15. The Morgan fingerprint density at radius 1 is 1.36 bits per heavy atom. The number of aromatic amines is 1. The summed E-state index contributed by atoms with van der Waals surface area (Å²) in [5.41, 5.74) is 0.860. The molecule has 1 aromatic carbocycles. The maximum absolute atomic E-state index is 12.6. The van der Waals surface area contributed by atoms with Gasteiger partial charge in [0.1, 0.15) is 5.69 Å². The van der Waals surface area contributed by atoms with Gasteiger partial charge in [-0.15, -0.1) is 11.3 Å². The summed E-state index contributed by atoms with van der Waals surface area (Å²) in [5.74, 6) is -0.644. The van der Waals surface area contributed by atoms with Crippen molar-refractivity contribution in [1.29, 1.82) is 0 Å². The molecule has 22 heavy (non-hydrogen) atoms. The number of aromatic nitrogens is 2. The highest BCUT2D eigenvalue weighted by Gasteiger charge is 2.24. The summed E-state index contributed by atoms with van der Waals surface area (Å²) in [6.07, 6.45) is 1.63. The maximum atomic E-state index is 12.6. The zero-order valence-electron chi connectivity index (χ0n) is 11.8. The molecule has 112 valence electrons. The average molecular weight is 335 g/mol. The Balaban J connectivity index is 2.19. The summed E-state index contributed by atoms with van der Waals surface area (Å²) in [7, 11) is 0. The lowest BCUT2D eigenvalue weighted by Crippen LogP contribution is -2.07. The van der Waals surface area contributed by atoms with Gasteiger partial charge < -0.3 is 9.72 Å². The van der Waals surface area contributed by atoms with E-state index >= 15 is 0 Å². The molecule has 0 saturated carbocycles. The SMILES string of the molecule is CC(=O)Oc1c(C(=O)c2ncc(C)s2)[nH]c2ccc(Cl)cc12. The molecule has 3 rings (SSSR count). The summed E-state index contributed by atoms with van der Waals surface area (Å²) in [6, 6.07) is 5.07. The van der Waals surface area contributed by atoms with E-state index in [2.05, 4.69) is 9.97 Å². The molecule has 2 heterocycles. The number of aryl methyl sites for hydroxylation is 1. The van der Waals surface area contributed by atoms with Gasteiger partial charge >= 0.3 is 5.97 Å². The van der Waals surface area contributed by atoms with E-state index < -0.39 is 5.97 Å². The van der Waals surface area contributed by atoms with Gasteiger partial charge in [-0.2, -0.15) is 0 Å². The summed E-state index contributed by atoms with van der Waals surface area (Å²) in [5, 5.41) is 1.41. The van der Waals surface area contributed by atoms with Gasteiger partial charge in [-0.25, -0.2) is 4.98 Å². The fourth-order valence-electron chi connectivity index (χ4n) is 2.12. The van der Waals surface area contributed by atoms with Crippen LogP contribution in [0.5, 0.6) is 5.75 Å². The molecule has 1 N–H and O–H groups in total. The molecule has 0 saturated heterocycles. The third-order valence-corrected chi connectivity index (χ3v) is 4.15. The first kappa shape index (κ1) is 14.7. The van der Waals surface area contributed by atoms with Crippen LogP contribution in [-0.2, 0) is 4.79 Å². The Labute approximate surface area is 134 Å². The highest BCUT2D eigenvalue weighted by Crippen LogP contribution is 2.34. The average Bonchev–Trinajstić information content (AvgIpc) is 3.03. The van der Waals surface area contributed by atoms with Gasteiger partial charge in [0.2, 0.25) is 5.78 Å². The Bertz CT molecular complexity index is 897. The van der Waals surface area contributed by atoms with Crippen molar-refractivity contribution in [3.05, 3.63) is 45.0 Å². The van der Waals surface area contributed by atoms with E-state index in [9.17, 15) is 9.59 Å². The molecular formula is C15H11ClN2O3S. The Morgan fingerprint density at radius 2 is 2.14 bits per heavy atom. The molecule has 2 aromatic heterocycles. The van der Waals surface area contributed by atoms with Crippen molar-refractivity contribution < 1.29 is 14.3 Å². The molecule has 7 heteroatoms. The molecule has 0 spiro atoms. The second-order valence-corrected chi connectivity index (χ2v) is 6.39. The Morgan fingerprint density at radius 3 is 2.77 bits per heavy atom. The van der Waals surface area contributed by atoms with E-state index in [1.165, 1.54) is 18.3 Å². The first-order valence-electron chi connectivity index (χ1n) is 6.42. The predicted octanol–water partition coefficient (Wildman–Crippen LogP) is 3.74. The number of halogens is 1. The van der Waals surface area contributed by atoms with Gasteiger partial charge in [0.25, 0.3) is 0 Å². The van der Waals surface area contributed by atoms with E-state index in [-0.39, 0.29) is 17.2 Å². The number of thiazole rings is 1. The van der Waals surface area contributed by atoms with Crippen LogP contribution in [0.15, 0.2) is 24.4 Å². The molecule has 5 nitrogen and oxygen atoms in total. The van der Waals surface area contributed by atoms with Crippen LogP contribution in [0.2, 0.25) is 5.02 Å². The second kappa shape index (κ2) is 5.55. The summed E-state index contributed by atoms with van der Waals surface area (Å²) < 4.78 is 5.23. The van der Waals surface area contributed by atoms with Crippen molar-refractivity contribution in [3.63, 3.8) is 0 Å². The lowest BCUT2D eigenvalue weighted by atomic mass is 10.2. The fraction of sp³-hybridized carbons (Fsp3) is 0.133. The fourth-order valence-corrected chi connectivity index (χ4v) is 3.00. The van der Waals surface area contributed by atoms with Crippen LogP contribution in [0.3, 0.4) is 0 Å². The minimum absolute atomic E-state index is 0.183. The van der Waals surface area contributed by atoms with Gasteiger partial charge in [0.05, 0.1) is 0 Å². The largest absolute Gasteiger partial charge is 0.424 e. The van der Waals surface area contributed by atoms with Crippen molar-refractivity contribution in [1.82, 2.24) is 9.97 Å². The third-order valence-electron chi connectivity index (χ3n) is 3.00. The van der Waals surface area contributed by atoms with Crippen LogP contribution in [0, 0.1) is 6.92 Å². The maximum Gasteiger partial charge on any atom is 0.308 e. The van der Waals surface area contributed by atoms with Crippen molar-refractivity contribution >= 4 is 45.6 Å². The molecular weight excluding hydrogens is 324 g/mol. The monoisotopic (exact) mass is 334 g/mol. The zero-order chi connectivity index (χ0) is 15.9. The highest BCUT2D eigenvalue weighted by molar-refractivity contribution is 7.13. The standard InChI is InChI=1S/C15H11ClN2O3S/c1-7-6-17-15(22-7)13(20)12-14(21-8(2)19)10-5-9(16)3-4-11(10)18-12/h3-6,18H,1-2H3. The van der Waals surface area contributed by atoms with Gasteiger partial charge in [-0.1, -0.05) is 11.6 Å². The normalized spacial score (nSPS) is 10.9. The number of nitrogens with one attached hydrogen (secondary N) is 1. The quantitative estimate of drug-likeness (QED) is 0.585. The van der Waals surface area contributed by atoms with Gasteiger partial charge in [-0.3, -0.25) is 9.59 Å². The van der Waals surface area contributed by atoms with E-state index in [0.717, 1.165) is 4.88 Å². The molecule has 0 aliphatic heterocycles. The molecule has 0 radical (unpaired) electrons. The molecule has 0 aliphatic carbocycles. The molecule has 3 aromatic rings. The number of rotatable bonds is 3. The van der Waals surface area contributed by atoms with Crippen LogP contribution in [0.25, 0.3) is 10.9 Å². The van der Waals surface area contributed by atoms with Crippen LogP contribution in [0.4, 0.5) is 0 Å². The number of carbonyl (C=O) groups is 2. The highest BCUT2D eigenvalue weighted by atomic mass is 35.5. The van der Waals surface area contributed by atoms with Crippen LogP contribution in [0.1, 0.15) is 27.3 Å². The van der Waals surface area contributed by atoms with Crippen LogP contribution in [-0.4, -0.2) is 21.7 Å². The minimum atomic E-state index is -0.509. The number of fused-ring (bicyclic) bond motifs is 1. The number of esters is 1. The van der Waals surface area contributed by atoms with Crippen LogP contribution >= 0.6 is 22.9 Å². The summed E-state index contributed by atoms with van der Waals surface area (Å²) in [4.78, 5) is 32.0. The van der Waals surface area contributed by atoms with E-state index in [0.29, 0.717) is 20.9 Å². The smallest absolute Gasteiger partial charge is 0.308 e. The molecule has 0 fully saturated rings. The lowest BCUT2D eigenvalue weighted by Gasteiger charge is -2.02. The van der Waals surface area contributed by atoms with Gasteiger partial charge in [-0.05, 0) is 25.1 Å². The summed E-state index contributed by atoms with van der Waals surface area (Å²) >= 11 is 7.27. The lowest BCUT2D eigenvalue weighted by molar-refractivity contribution is -0.131. The number of H-pyrrole nitrogens is 1. The molecule has 0 unspecified atom stereocenters. The van der Waals surface area contributed by atoms with Crippen molar-refractivity contribution in [2.45, 2.75) is 13.8 Å². The number of ether oxygens (including phenoxy) is 1. The number of hydrogen-bond donors (Lipinski definition) is 1. The topological polar surface area (TPSA) is 72.1 Å². The Kier molecular flexibility index (Phi) is 3.72. The number of benzene rings is 1. The first-order chi connectivity index (χ1) is 10.5. The third kappa shape index (κ3) is 2.63. The van der Waals surface area contributed by atoms with Crippen molar-refractivity contribution in [3.8, 4) is 5.75 Å². The number of ketones is 1. The minimum Gasteiger partial charge on any atom is -0.424 e. The van der Waals surface area contributed by atoms with E-state index in [1.807, 2.05) is 6.92 Å². The van der Waals surface area contributed by atoms with E-state index in [4.69, 9.17) is 16.3 Å². The van der Waals surface area contributed by atoms with E-state index in [1.54, 1.807) is 24.4 Å². The number of nitrogens with zero attached hydrogens (tertiary/aromatic N) is 1. The molecule has 0 atom stereocenters. The van der Waals surface area contributed by atoms with Crippen molar-refractivity contribution in [2.75, 3.05) is 0 Å². The number of carbonyl (C=O) groups excluding carboxylic acids is 2. The first-order valence-corrected chi connectivity index (χ1v) is 7.62. The second-order valence-electron chi connectivity index (χ2n) is 4.72. The van der Waals surface area contributed by atoms with Crippen molar-refractivity contribution in [2.24, 2.45) is 0 Å². The molecule has 0 bridgehead atoms. The van der Waals surface area contributed by atoms with Gasteiger partial charge in [0, 0.05) is 33.9 Å². The molecule has 0 aliphatic rings. The Hall–Kier alpha value is -2.18. The van der Waals surface area contributed by atoms with Crippen LogP contribution < -0.4 is 4.74 Å². The number of hydrogen-bond acceptors (Lipinski definition) is 5. The zero-order valence-corrected chi connectivity index (χ0v) is 13.3. The van der Waals surface area contributed by atoms with Gasteiger partial charge in [0.15, 0.2) is 10.8 Å². The molecule has 0 amide bonds.